The van der Waals surface area contributed by atoms with Crippen LogP contribution in [-0.2, 0) is 6.54 Å². The van der Waals surface area contributed by atoms with Gasteiger partial charge in [0.05, 0.1) is 0 Å². The normalized spacial score (nSPS) is 16.7. The summed E-state index contributed by atoms with van der Waals surface area (Å²) in [5.41, 5.74) is 2.27. The van der Waals surface area contributed by atoms with Crippen molar-refractivity contribution in [2.24, 2.45) is 0 Å². The first-order valence-electron chi connectivity index (χ1n) is 8.38. The van der Waals surface area contributed by atoms with Gasteiger partial charge in [-0.25, -0.2) is 0 Å². The smallest absolute Gasteiger partial charge is 0.157 e. The fourth-order valence-corrected chi connectivity index (χ4v) is 2.96. The van der Waals surface area contributed by atoms with E-state index in [9.17, 15) is 10.2 Å². The molecule has 4 nitrogen and oxygen atoms in total. The number of benzene rings is 2. The van der Waals surface area contributed by atoms with E-state index in [1.807, 2.05) is 12.1 Å². The fourth-order valence-electron chi connectivity index (χ4n) is 2.96. The highest BCUT2D eigenvalue weighted by atomic mass is 16.3. The van der Waals surface area contributed by atoms with Crippen LogP contribution in [0.4, 0.5) is 0 Å². The van der Waals surface area contributed by atoms with Crippen LogP contribution < -0.4 is 0 Å². The minimum Gasteiger partial charge on any atom is -0.504 e. The topological polar surface area (TPSA) is 46.9 Å². The van der Waals surface area contributed by atoms with Crippen LogP contribution in [0.25, 0.3) is 6.08 Å². The van der Waals surface area contributed by atoms with Crippen molar-refractivity contribution in [1.82, 2.24) is 9.80 Å². The van der Waals surface area contributed by atoms with Gasteiger partial charge in [0.25, 0.3) is 0 Å². The van der Waals surface area contributed by atoms with Crippen molar-refractivity contribution in [1.29, 1.82) is 0 Å². The molecule has 0 atom stereocenters. The number of hydrogen-bond donors (Lipinski definition) is 2. The van der Waals surface area contributed by atoms with E-state index in [1.165, 1.54) is 5.56 Å². The number of nitrogens with zero attached hydrogens (tertiary/aromatic N) is 2. The van der Waals surface area contributed by atoms with Crippen molar-refractivity contribution < 1.29 is 10.2 Å². The summed E-state index contributed by atoms with van der Waals surface area (Å²) in [4.78, 5) is 4.83. The van der Waals surface area contributed by atoms with Crippen molar-refractivity contribution in [2.75, 3.05) is 32.7 Å². The molecule has 126 valence electrons. The molecule has 3 rings (SSSR count). The number of hydrogen-bond acceptors (Lipinski definition) is 4. The van der Waals surface area contributed by atoms with Gasteiger partial charge in [0.2, 0.25) is 0 Å². The van der Waals surface area contributed by atoms with Gasteiger partial charge in [0.15, 0.2) is 11.5 Å². The maximum absolute atomic E-state index is 9.58. The molecule has 1 heterocycles. The summed E-state index contributed by atoms with van der Waals surface area (Å²) in [6.07, 6.45) is 4.40. The first-order valence-corrected chi connectivity index (χ1v) is 8.38. The van der Waals surface area contributed by atoms with Gasteiger partial charge in [-0.3, -0.25) is 9.80 Å². The van der Waals surface area contributed by atoms with Gasteiger partial charge in [-0.1, -0.05) is 48.6 Å². The molecule has 2 aromatic rings. The zero-order valence-electron chi connectivity index (χ0n) is 13.8. The zero-order chi connectivity index (χ0) is 16.8. The highest BCUT2D eigenvalue weighted by molar-refractivity contribution is 5.48. The molecule has 1 saturated heterocycles. The summed E-state index contributed by atoms with van der Waals surface area (Å²) in [6, 6.07) is 15.4. The summed E-state index contributed by atoms with van der Waals surface area (Å²) < 4.78 is 0. The van der Waals surface area contributed by atoms with Crippen molar-refractivity contribution in [2.45, 2.75) is 6.54 Å². The third-order valence-corrected chi connectivity index (χ3v) is 4.38. The van der Waals surface area contributed by atoms with E-state index in [2.05, 4.69) is 46.2 Å². The SMILES string of the molecule is Oc1ccc(CN2CCN(CC=Cc3ccccc3)CC2)cc1O. The average molecular weight is 324 g/mol. The first-order chi connectivity index (χ1) is 11.7. The molecule has 1 fully saturated rings. The van der Waals surface area contributed by atoms with Crippen molar-refractivity contribution >= 4 is 6.08 Å². The Morgan fingerprint density at radius 1 is 0.833 bits per heavy atom. The Kier molecular flexibility index (Phi) is 5.51. The molecular formula is C20H24N2O2. The van der Waals surface area contributed by atoms with E-state index in [4.69, 9.17) is 0 Å². The van der Waals surface area contributed by atoms with E-state index in [1.54, 1.807) is 12.1 Å². The molecule has 0 radical (unpaired) electrons. The Morgan fingerprint density at radius 3 is 2.25 bits per heavy atom. The molecule has 2 N–H and O–H groups in total. The molecule has 0 spiro atoms. The number of phenols is 2. The maximum atomic E-state index is 9.58. The van der Waals surface area contributed by atoms with Crippen LogP contribution in [0.1, 0.15) is 11.1 Å². The Labute approximate surface area is 143 Å². The van der Waals surface area contributed by atoms with Crippen molar-refractivity contribution in [3.8, 4) is 11.5 Å². The molecule has 0 amide bonds. The highest BCUT2D eigenvalue weighted by Gasteiger charge is 2.16. The standard InChI is InChI=1S/C20H24N2O2/c23-19-9-8-18(15-20(19)24)16-22-13-11-21(12-14-22)10-4-7-17-5-2-1-3-6-17/h1-9,15,23-24H,10-14,16H2. The lowest BCUT2D eigenvalue weighted by molar-refractivity contribution is 0.137. The van der Waals surface area contributed by atoms with E-state index in [-0.39, 0.29) is 11.5 Å². The average Bonchev–Trinajstić information content (AvgIpc) is 2.61. The Bertz CT molecular complexity index is 677. The number of rotatable bonds is 5. The molecule has 1 aliphatic heterocycles. The Morgan fingerprint density at radius 2 is 1.54 bits per heavy atom. The van der Waals surface area contributed by atoms with E-state index in [0.717, 1.165) is 44.8 Å². The van der Waals surface area contributed by atoms with E-state index in [0.29, 0.717) is 0 Å². The second-order valence-electron chi connectivity index (χ2n) is 6.21. The van der Waals surface area contributed by atoms with E-state index < -0.39 is 0 Å². The predicted molar refractivity (Wildman–Crippen MR) is 97.0 cm³/mol. The van der Waals surface area contributed by atoms with E-state index >= 15 is 0 Å². The number of piperazine rings is 1. The molecular weight excluding hydrogens is 300 g/mol. The van der Waals surface area contributed by atoms with Gasteiger partial charge >= 0.3 is 0 Å². The van der Waals surface area contributed by atoms with Crippen molar-refractivity contribution in [3.05, 3.63) is 65.7 Å². The van der Waals surface area contributed by atoms with Gasteiger partial charge in [0, 0.05) is 39.3 Å². The molecule has 4 heteroatoms. The number of phenolic OH excluding ortho intramolecular Hbond substituents is 2. The fraction of sp³-hybridized carbons (Fsp3) is 0.300. The number of aromatic hydroxyl groups is 2. The van der Waals surface area contributed by atoms with Crippen LogP contribution in [0.15, 0.2) is 54.6 Å². The molecule has 0 aliphatic carbocycles. The third-order valence-electron chi connectivity index (χ3n) is 4.38. The zero-order valence-corrected chi connectivity index (χ0v) is 13.8. The monoisotopic (exact) mass is 324 g/mol. The van der Waals surface area contributed by atoms with Crippen LogP contribution in [0.2, 0.25) is 0 Å². The largest absolute Gasteiger partial charge is 0.504 e. The molecule has 24 heavy (non-hydrogen) atoms. The van der Waals surface area contributed by atoms with Gasteiger partial charge in [-0.2, -0.15) is 0 Å². The molecule has 0 unspecified atom stereocenters. The van der Waals surface area contributed by atoms with Crippen molar-refractivity contribution in [3.63, 3.8) is 0 Å². The molecule has 1 aliphatic rings. The lowest BCUT2D eigenvalue weighted by Crippen LogP contribution is -2.45. The Hall–Kier alpha value is -2.30. The summed E-state index contributed by atoms with van der Waals surface area (Å²) in [5, 5.41) is 19.0. The van der Waals surface area contributed by atoms with Crippen LogP contribution in [0.5, 0.6) is 11.5 Å². The Balaban J connectivity index is 1.44. The lowest BCUT2D eigenvalue weighted by atomic mass is 10.1. The van der Waals surface area contributed by atoms with Gasteiger partial charge in [-0.05, 0) is 23.3 Å². The second-order valence-corrected chi connectivity index (χ2v) is 6.21. The highest BCUT2D eigenvalue weighted by Crippen LogP contribution is 2.25. The van der Waals surface area contributed by atoms with Gasteiger partial charge in [0.1, 0.15) is 0 Å². The first kappa shape index (κ1) is 16.6. The summed E-state index contributed by atoms with van der Waals surface area (Å²) in [7, 11) is 0. The summed E-state index contributed by atoms with van der Waals surface area (Å²) in [6.45, 7) is 5.90. The predicted octanol–water partition coefficient (Wildman–Crippen LogP) is 2.93. The van der Waals surface area contributed by atoms with Crippen LogP contribution in [0, 0.1) is 0 Å². The molecule has 2 aromatic carbocycles. The second kappa shape index (κ2) is 7.99. The quantitative estimate of drug-likeness (QED) is 0.830. The molecule has 0 bridgehead atoms. The van der Waals surface area contributed by atoms with Gasteiger partial charge < -0.3 is 10.2 Å². The molecule has 0 saturated carbocycles. The van der Waals surface area contributed by atoms with Gasteiger partial charge in [-0.15, -0.1) is 0 Å². The minimum absolute atomic E-state index is 0.0443. The summed E-state index contributed by atoms with van der Waals surface area (Å²) in [5.74, 6) is -0.106. The van der Waals surface area contributed by atoms with Crippen LogP contribution in [-0.4, -0.2) is 52.7 Å². The lowest BCUT2D eigenvalue weighted by Gasteiger charge is -2.34. The summed E-state index contributed by atoms with van der Waals surface area (Å²) >= 11 is 0. The van der Waals surface area contributed by atoms with Crippen LogP contribution in [0.3, 0.4) is 0 Å². The maximum Gasteiger partial charge on any atom is 0.157 e. The minimum atomic E-state index is -0.0613. The van der Waals surface area contributed by atoms with Crippen LogP contribution >= 0.6 is 0 Å². The third kappa shape index (κ3) is 4.60. The molecule has 0 aromatic heterocycles.